The molecule has 1 fully saturated rings. The van der Waals surface area contributed by atoms with Crippen LogP contribution in [0.4, 0.5) is 5.82 Å². The Balaban J connectivity index is 1.56. The van der Waals surface area contributed by atoms with Gasteiger partial charge in [-0.3, -0.25) is 14.5 Å². The highest BCUT2D eigenvalue weighted by Gasteiger charge is 2.41. The van der Waals surface area contributed by atoms with E-state index in [2.05, 4.69) is 14.8 Å². The number of piperazine rings is 1. The summed E-state index contributed by atoms with van der Waals surface area (Å²) in [6.07, 6.45) is 2.42. The van der Waals surface area contributed by atoms with Crippen LogP contribution in [0.1, 0.15) is 18.9 Å². The maximum absolute atomic E-state index is 13.4. The zero-order chi connectivity index (χ0) is 21.6. The number of anilines is 1. The number of hydrogen-bond acceptors (Lipinski definition) is 6. The molecular weight excluding hydrogens is 392 g/mol. The summed E-state index contributed by atoms with van der Waals surface area (Å²) < 4.78 is 5.39. The summed E-state index contributed by atoms with van der Waals surface area (Å²) in [7, 11) is 0. The molecule has 7 heteroatoms. The van der Waals surface area contributed by atoms with Gasteiger partial charge >= 0.3 is 0 Å². The second-order valence-corrected chi connectivity index (χ2v) is 7.56. The van der Waals surface area contributed by atoms with Crippen LogP contribution in [-0.2, 0) is 14.3 Å². The molecule has 1 saturated heterocycles. The Kier molecular flexibility index (Phi) is 6.62. The molecule has 0 saturated carbocycles. The van der Waals surface area contributed by atoms with Crippen LogP contribution in [0.15, 0.2) is 60.4 Å². The van der Waals surface area contributed by atoms with E-state index in [0.29, 0.717) is 50.5 Å². The summed E-state index contributed by atoms with van der Waals surface area (Å²) in [4.78, 5) is 36.7. The minimum Gasteiger partial charge on any atom is -0.382 e. The van der Waals surface area contributed by atoms with E-state index in [4.69, 9.17) is 4.74 Å². The average molecular weight is 421 g/mol. The molecule has 3 heterocycles. The Bertz CT molecular complexity index is 938. The van der Waals surface area contributed by atoms with Gasteiger partial charge in [-0.1, -0.05) is 36.4 Å². The fourth-order valence-corrected chi connectivity index (χ4v) is 4.09. The Hall–Kier alpha value is -3.19. The van der Waals surface area contributed by atoms with Crippen LogP contribution in [0.25, 0.3) is 5.57 Å². The average Bonchev–Trinajstić information content (AvgIpc) is 3.07. The Morgan fingerprint density at radius 2 is 1.61 bits per heavy atom. The topological polar surface area (TPSA) is 66.0 Å². The third-order valence-electron chi connectivity index (χ3n) is 5.65. The van der Waals surface area contributed by atoms with Crippen molar-refractivity contribution >= 4 is 23.2 Å². The van der Waals surface area contributed by atoms with E-state index in [0.717, 1.165) is 24.5 Å². The van der Waals surface area contributed by atoms with Crippen molar-refractivity contribution in [3.8, 4) is 0 Å². The molecule has 0 unspecified atom stereocenters. The number of carbonyl (C=O) groups excluding carboxylic acids is 2. The summed E-state index contributed by atoms with van der Waals surface area (Å²) in [5.74, 6) is 0.521. The number of imide groups is 1. The fourth-order valence-electron chi connectivity index (χ4n) is 4.09. The number of amides is 2. The molecule has 2 amide bonds. The van der Waals surface area contributed by atoms with Gasteiger partial charge in [0.1, 0.15) is 11.5 Å². The summed E-state index contributed by atoms with van der Waals surface area (Å²) >= 11 is 0. The van der Waals surface area contributed by atoms with Gasteiger partial charge in [0.15, 0.2) is 0 Å². The summed E-state index contributed by atoms with van der Waals surface area (Å²) in [6, 6.07) is 15.4. The largest absolute Gasteiger partial charge is 0.382 e. The van der Waals surface area contributed by atoms with Crippen LogP contribution in [0.2, 0.25) is 0 Å². The van der Waals surface area contributed by atoms with Crippen molar-refractivity contribution in [3.05, 3.63) is 66.0 Å². The van der Waals surface area contributed by atoms with Gasteiger partial charge in [-0.25, -0.2) is 4.98 Å². The zero-order valence-corrected chi connectivity index (χ0v) is 17.9. The van der Waals surface area contributed by atoms with Crippen LogP contribution in [0, 0.1) is 0 Å². The van der Waals surface area contributed by atoms with Crippen molar-refractivity contribution in [2.45, 2.75) is 13.3 Å². The molecule has 2 aliphatic heterocycles. The summed E-state index contributed by atoms with van der Waals surface area (Å²) in [5.41, 5.74) is 1.82. The van der Waals surface area contributed by atoms with E-state index in [1.807, 2.05) is 55.5 Å². The van der Waals surface area contributed by atoms with Crippen LogP contribution in [0.3, 0.4) is 0 Å². The number of nitrogens with zero attached hydrogens (tertiary/aromatic N) is 4. The normalized spacial score (nSPS) is 17.1. The number of rotatable bonds is 8. The lowest BCUT2D eigenvalue weighted by Gasteiger charge is -2.37. The molecule has 0 spiro atoms. The molecule has 0 bridgehead atoms. The second kappa shape index (κ2) is 9.75. The molecule has 1 aromatic carbocycles. The van der Waals surface area contributed by atoms with Gasteiger partial charge in [-0.05, 0) is 31.0 Å². The molecule has 1 aromatic heterocycles. The zero-order valence-electron chi connectivity index (χ0n) is 17.9. The van der Waals surface area contributed by atoms with Crippen LogP contribution in [-0.4, -0.2) is 72.5 Å². The Morgan fingerprint density at radius 3 is 2.29 bits per heavy atom. The molecule has 0 N–H and O–H groups in total. The smallest absolute Gasteiger partial charge is 0.277 e. The van der Waals surface area contributed by atoms with Crippen LogP contribution < -0.4 is 4.90 Å². The van der Waals surface area contributed by atoms with Gasteiger partial charge in [-0.15, -0.1) is 0 Å². The number of pyridine rings is 1. The predicted octanol–water partition coefficient (Wildman–Crippen LogP) is 2.41. The SMILES string of the molecule is CCOCCCN1C(=O)C(c2ccccc2)=C(N2CCN(c3ccccn3)CC2)C1=O. The third-order valence-corrected chi connectivity index (χ3v) is 5.65. The highest BCUT2D eigenvalue weighted by molar-refractivity contribution is 6.35. The maximum Gasteiger partial charge on any atom is 0.277 e. The van der Waals surface area contributed by atoms with Crippen molar-refractivity contribution in [2.75, 3.05) is 50.8 Å². The van der Waals surface area contributed by atoms with Crippen LogP contribution >= 0.6 is 0 Å². The first-order chi connectivity index (χ1) is 15.2. The van der Waals surface area contributed by atoms with Crippen molar-refractivity contribution in [1.82, 2.24) is 14.8 Å². The highest BCUT2D eigenvalue weighted by Crippen LogP contribution is 2.32. The lowest BCUT2D eigenvalue weighted by Crippen LogP contribution is -2.48. The lowest BCUT2D eigenvalue weighted by atomic mass is 10.0. The molecule has 0 aliphatic carbocycles. The van der Waals surface area contributed by atoms with Crippen molar-refractivity contribution in [1.29, 1.82) is 0 Å². The molecule has 7 nitrogen and oxygen atoms in total. The molecule has 31 heavy (non-hydrogen) atoms. The van der Waals surface area contributed by atoms with E-state index < -0.39 is 0 Å². The van der Waals surface area contributed by atoms with Gasteiger partial charge < -0.3 is 14.5 Å². The van der Waals surface area contributed by atoms with Gasteiger partial charge in [0.05, 0.1) is 5.57 Å². The number of carbonyl (C=O) groups is 2. The standard InChI is InChI=1S/C24H28N4O3/c1-2-31-18-8-13-28-23(29)21(19-9-4-3-5-10-19)22(24(28)30)27-16-14-26(15-17-27)20-11-6-7-12-25-20/h3-7,9-12H,2,8,13-18H2,1H3. The van der Waals surface area contributed by atoms with Crippen molar-refractivity contribution in [2.24, 2.45) is 0 Å². The van der Waals surface area contributed by atoms with Gasteiger partial charge in [0.25, 0.3) is 11.8 Å². The monoisotopic (exact) mass is 420 g/mol. The summed E-state index contributed by atoms with van der Waals surface area (Å²) in [6.45, 7) is 6.27. The molecule has 4 rings (SSSR count). The quantitative estimate of drug-likeness (QED) is 0.483. The van der Waals surface area contributed by atoms with E-state index in [1.54, 1.807) is 6.20 Å². The summed E-state index contributed by atoms with van der Waals surface area (Å²) in [5, 5.41) is 0. The van der Waals surface area contributed by atoms with E-state index in [9.17, 15) is 9.59 Å². The predicted molar refractivity (Wildman–Crippen MR) is 119 cm³/mol. The first-order valence-corrected chi connectivity index (χ1v) is 10.8. The molecule has 2 aromatic rings. The Labute approximate surface area is 182 Å². The first kappa shape index (κ1) is 21.1. The number of aromatic nitrogens is 1. The molecule has 0 atom stereocenters. The minimum atomic E-state index is -0.213. The fraction of sp³-hybridized carbons (Fsp3) is 0.375. The van der Waals surface area contributed by atoms with E-state index in [-0.39, 0.29) is 11.8 Å². The van der Waals surface area contributed by atoms with Gasteiger partial charge in [-0.2, -0.15) is 0 Å². The molecule has 162 valence electrons. The van der Waals surface area contributed by atoms with Crippen LogP contribution in [0.5, 0.6) is 0 Å². The van der Waals surface area contributed by atoms with Gasteiger partial charge in [0.2, 0.25) is 0 Å². The van der Waals surface area contributed by atoms with E-state index in [1.165, 1.54) is 4.90 Å². The molecular formula is C24H28N4O3. The minimum absolute atomic E-state index is 0.202. The first-order valence-electron chi connectivity index (χ1n) is 10.8. The maximum atomic E-state index is 13.4. The van der Waals surface area contributed by atoms with Crippen molar-refractivity contribution < 1.29 is 14.3 Å². The number of hydrogen-bond donors (Lipinski definition) is 0. The van der Waals surface area contributed by atoms with Crippen molar-refractivity contribution in [3.63, 3.8) is 0 Å². The van der Waals surface area contributed by atoms with E-state index >= 15 is 0 Å². The number of ether oxygens (including phenoxy) is 1. The third kappa shape index (κ3) is 4.46. The molecule has 0 radical (unpaired) electrons. The Morgan fingerprint density at radius 1 is 0.903 bits per heavy atom. The lowest BCUT2D eigenvalue weighted by molar-refractivity contribution is -0.137. The highest BCUT2D eigenvalue weighted by atomic mass is 16.5. The van der Waals surface area contributed by atoms with Gasteiger partial charge in [0, 0.05) is 52.1 Å². The number of benzene rings is 1. The second-order valence-electron chi connectivity index (χ2n) is 7.56. The molecule has 2 aliphatic rings.